The second-order valence-electron chi connectivity index (χ2n) is 5.29. The Morgan fingerprint density at radius 2 is 2.05 bits per heavy atom. The summed E-state index contributed by atoms with van der Waals surface area (Å²) in [5.74, 6) is 1.59. The third-order valence-electron chi connectivity index (χ3n) is 3.84. The van der Waals surface area contributed by atoms with Crippen LogP contribution in [0.2, 0.25) is 0 Å². The van der Waals surface area contributed by atoms with Crippen molar-refractivity contribution >= 4 is 0 Å². The van der Waals surface area contributed by atoms with Gasteiger partial charge in [0.05, 0.1) is 14.2 Å². The standard InChI is InChI=1S/C16H26N2O2/c1-19-15-7-6-13(11-16(15)20-2)8-10-17-12-14-5-3-4-9-18-14/h6-7,11,14,17-18H,3-5,8-10,12H2,1-2H3. The Kier molecular flexibility index (Phi) is 6.15. The molecule has 0 aliphatic carbocycles. The van der Waals surface area contributed by atoms with E-state index in [9.17, 15) is 0 Å². The Morgan fingerprint density at radius 1 is 1.20 bits per heavy atom. The van der Waals surface area contributed by atoms with Crippen molar-refractivity contribution in [1.29, 1.82) is 0 Å². The van der Waals surface area contributed by atoms with Gasteiger partial charge in [-0.05, 0) is 50.0 Å². The molecule has 1 aromatic carbocycles. The predicted octanol–water partition coefficient (Wildman–Crippen LogP) is 1.98. The summed E-state index contributed by atoms with van der Waals surface area (Å²) in [5.41, 5.74) is 1.27. The van der Waals surface area contributed by atoms with Gasteiger partial charge in [-0.2, -0.15) is 0 Å². The zero-order valence-electron chi connectivity index (χ0n) is 12.6. The smallest absolute Gasteiger partial charge is 0.160 e. The van der Waals surface area contributed by atoms with E-state index < -0.39 is 0 Å². The highest BCUT2D eigenvalue weighted by molar-refractivity contribution is 5.42. The van der Waals surface area contributed by atoms with Crippen LogP contribution in [0, 0.1) is 0 Å². The van der Waals surface area contributed by atoms with Crippen LogP contribution in [-0.2, 0) is 6.42 Å². The Bertz CT molecular complexity index is 403. The normalized spacial score (nSPS) is 18.8. The van der Waals surface area contributed by atoms with Crippen LogP contribution in [0.4, 0.5) is 0 Å². The summed E-state index contributed by atoms with van der Waals surface area (Å²) < 4.78 is 10.6. The average Bonchev–Trinajstić information content (AvgIpc) is 2.52. The van der Waals surface area contributed by atoms with Gasteiger partial charge in [0, 0.05) is 12.6 Å². The van der Waals surface area contributed by atoms with Gasteiger partial charge in [0.15, 0.2) is 11.5 Å². The molecule has 4 nitrogen and oxygen atoms in total. The number of ether oxygens (including phenoxy) is 2. The summed E-state index contributed by atoms with van der Waals surface area (Å²) in [4.78, 5) is 0. The van der Waals surface area contributed by atoms with Crippen molar-refractivity contribution in [3.8, 4) is 11.5 Å². The highest BCUT2D eigenvalue weighted by Crippen LogP contribution is 2.27. The second kappa shape index (κ2) is 8.12. The summed E-state index contributed by atoms with van der Waals surface area (Å²) >= 11 is 0. The maximum Gasteiger partial charge on any atom is 0.160 e. The van der Waals surface area contributed by atoms with Gasteiger partial charge >= 0.3 is 0 Å². The van der Waals surface area contributed by atoms with E-state index in [1.54, 1.807) is 14.2 Å². The third-order valence-corrected chi connectivity index (χ3v) is 3.84. The summed E-state index contributed by atoms with van der Waals surface area (Å²) in [6.45, 7) is 3.23. The number of piperidine rings is 1. The van der Waals surface area contributed by atoms with Gasteiger partial charge in [-0.25, -0.2) is 0 Å². The molecule has 1 saturated heterocycles. The van der Waals surface area contributed by atoms with Crippen molar-refractivity contribution in [1.82, 2.24) is 10.6 Å². The summed E-state index contributed by atoms with van der Waals surface area (Å²) in [5, 5.41) is 7.09. The molecule has 112 valence electrons. The van der Waals surface area contributed by atoms with Crippen molar-refractivity contribution < 1.29 is 9.47 Å². The lowest BCUT2D eigenvalue weighted by molar-refractivity contribution is 0.354. The van der Waals surface area contributed by atoms with Crippen LogP contribution < -0.4 is 20.1 Å². The molecule has 1 aromatic rings. The number of hydrogen-bond donors (Lipinski definition) is 2. The molecule has 0 radical (unpaired) electrons. The molecule has 0 bridgehead atoms. The number of rotatable bonds is 7. The van der Waals surface area contributed by atoms with Crippen LogP contribution in [0.5, 0.6) is 11.5 Å². The molecular weight excluding hydrogens is 252 g/mol. The largest absolute Gasteiger partial charge is 0.493 e. The van der Waals surface area contributed by atoms with Crippen LogP contribution in [0.1, 0.15) is 24.8 Å². The highest BCUT2D eigenvalue weighted by Gasteiger charge is 2.11. The van der Waals surface area contributed by atoms with Gasteiger partial charge in [-0.3, -0.25) is 0 Å². The summed E-state index contributed by atoms with van der Waals surface area (Å²) in [6.07, 6.45) is 4.98. The lowest BCUT2D eigenvalue weighted by Gasteiger charge is -2.23. The zero-order chi connectivity index (χ0) is 14.2. The van der Waals surface area contributed by atoms with Gasteiger partial charge < -0.3 is 20.1 Å². The van der Waals surface area contributed by atoms with Crippen molar-refractivity contribution in [2.45, 2.75) is 31.7 Å². The first kappa shape index (κ1) is 15.1. The minimum Gasteiger partial charge on any atom is -0.493 e. The third kappa shape index (κ3) is 4.39. The van der Waals surface area contributed by atoms with E-state index in [0.29, 0.717) is 6.04 Å². The molecule has 4 heteroatoms. The van der Waals surface area contributed by atoms with E-state index in [0.717, 1.165) is 31.0 Å². The molecule has 0 saturated carbocycles. The Morgan fingerprint density at radius 3 is 2.75 bits per heavy atom. The van der Waals surface area contributed by atoms with Gasteiger partial charge in [0.1, 0.15) is 0 Å². The number of hydrogen-bond acceptors (Lipinski definition) is 4. The SMILES string of the molecule is COc1ccc(CCNCC2CCCCN2)cc1OC. The molecule has 1 aliphatic rings. The lowest BCUT2D eigenvalue weighted by Crippen LogP contribution is -2.42. The topological polar surface area (TPSA) is 42.5 Å². The highest BCUT2D eigenvalue weighted by atomic mass is 16.5. The minimum atomic E-state index is 0.647. The molecule has 0 aromatic heterocycles. The maximum atomic E-state index is 5.32. The van der Waals surface area contributed by atoms with Gasteiger partial charge in [-0.15, -0.1) is 0 Å². The van der Waals surface area contributed by atoms with Crippen molar-refractivity contribution in [3.05, 3.63) is 23.8 Å². The fourth-order valence-corrected chi connectivity index (χ4v) is 2.64. The van der Waals surface area contributed by atoms with E-state index in [2.05, 4.69) is 22.8 Å². The quantitative estimate of drug-likeness (QED) is 0.749. The first-order valence-corrected chi connectivity index (χ1v) is 7.48. The molecular formula is C16H26N2O2. The molecule has 1 atom stereocenters. The van der Waals surface area contributed by atoms with Gasteiger partial charge in [-0.1, -0.05) is 12.5 Å². The van der Waals surface area contributed by atoms with Crippen LogP contribution in [-0.4, -0.2) is 39.9 Å². The molecule has 2 N–H and O–H groups in total. The average molecular weight is 278 g/mol. The fraction of sp³-hybridized carbons (Fsp3) is 0.625. The minimum absolute atomic E-state index is 0.647. The fourth-order valence-electron chi connectivity index (χ4n) is 2.64. The van der Waals surface area contributed by atoms with Crippen molar-refractivity contribution in [2.24, 2.45) is 0 Å². The molecule has 0 amide bonds. The van der Waals surface area contributed by atoms with E-state index >= 15 is 0 Å². The van der Waals surface area contributed by atoms with E-state index in [-0.39, 0.29) is 0 Å². The zero-order valence-corrected chi connectivity index (χ0v) is 12.6. The molecule has 0 spiro atoms. The predicted molar refractivity (Wildman–Crippen MR) is 81.8 cm³/mol. The van der Waals surface area contributed by atoms with Gasteiger partial charge in [0.25, 0.3) is 0 Å². The van der Waals surface area contributed by atoms with Crippen LogP contribution >= 0.6 is 0 Å². The molecule has 1 aliphatic heterocycles. The molecule has 2 rings (SSSR count). The second-order valence-corrected chi connectivity index (χ2v) is 5.29. The van der Waals surface area contributed by atoms with E-state index in [1.807, 2.05) is 6.07 Å². The Labute approximate surface area is 121 Å². The molecule has 1 unspecified atom stereocenters. The maximum absolute atomic E-state index is 5.32. The molecule has 1 heterocycles. The number of methoxy groups -OCH3 is 2. The Balaban J connectivity index is 1.73. The Hall–Kier alpha value is -1.26. The van der Waals surface area contributed by atoms with E-state index in [4.69, 9.17) is 9.47 Å². The van der Waals surface area contributed by atoms with Crippen molar-refractivity contribution in [2.75, 3.05) is 33.9 Å². The molecule has 1 fully saturated rings. The summed E-state index contributed by atoms with van der Waals surface area (Å²) in [7, 11) is 3.34. The lowest BCUT2D eigenvalue weighted by atomic mass is 10.1. The monoisotopic (exact) mass is 278 g/mol. The molecule has 20 heavy (non-hydrogen) atoms. The van der Waals surface area contributed by atoms with Crippen LogP contribution in [0.3, 0.4) is 0 Å². The van der Waals surface area contributed by atoms with Crippen molar-refractivity contribution in [3.63, 3.8) is 0 Å². The van der Waals surface area contributed by atoms with E-state index in [1.165, 1.54) is 31.4 Å². The number of benzene rings is 1. The van der Waals surface area contributed by atoms with Gasteiger partial charge in [0.2, 0.25) is 0 Å². The first-order chi connectivity index (χ1) is 9.83. The summed E-state index contributed by atoms with van der Waals surface area (Å²) in [6, 6.07) is 6.77. The van der Waals surface area contributed by atoms with Crippen LogP contribution in [0.15, 0.2) is 18.2 Å². The van der Waals surface area contributed by atoms with Crippen LogP contribution in [0.25, 0.3) is 0 Å². The first-order valence-electron chi connectivity index (χ1n) is 7.48. The number of nitrogens with one attached hydrogen (secondary N) is 2.